The maximum atomic E-state index is 5.67. The van der Waals surface area contributed by atoms with Crippen LogP contribution in [0.3, 0.4) is 0 Å². The monoisotopic (exact) mass is 377 g/mol. The van der Waals surface area contributed by atoms with Gasteiger partial charge in [-0.25, -0.2) is 9.97 Å². The molecule has 0 spiro atoms. The SMILES string of the molecule is CNc1cc(-c2noc(-c3coc(C4CCOCC4)n3)n2)c2ccccc2n1. The molecule has 0 radical (unpaired) electrons. The average Bonchev–Trinajstić information content (AvgIpc) is 3.43. The number of hydrogen-bond donors (Lipinski definition) is 1. The minimum Gasteiger partial charge on any atom is -0.448 e. The molecule has 0 saturated carbocycles. The number of rotatable bonds is 4. The first kappa shape index (κ1) is 16.9. The van der Waals surface area contributed by atoms with Gasteiger partial charge in [-0.3, -0.25) is 0 Å². The maximum absolute atomic E-state index is 5.67. The number of anilines is 1. The van der Waals surface area contributed by atoms with E-state index in [4.69, 9.17) is 13.7 Å². The number of pyridine rings is 1. The summed E-state index contributed by atoms with van der Waals surface area (Å²) < 4.78 is 16.5. The van der Waals surface area contributed by atoms with Crippen molar-refractivity contribution in [2.45, 2.75) is 18.8 Å². The van der Waals surface area contributed by atoms with Crippen LogP contribution in [0.2, 0.25) is 0 Å². The van der Waals surface area contributed by atoms with Crippen LogP contribution in [0.5, 0.6) is 0 Å². The fourth-order valence-electron chi connectivity index (χ4n) is 3.44. The summed E-state index contributed by atoms with van der Waals surface area (Å²) in [5, 5.41) is 8.19. The van der Waals surface area contributed by atoms with Crippen molar-refractivity contribution in [3.8, 4) is 23.0 Å². The number of fused-ring (bicyclic) bond motifs is 1. The van der Waals surface area contributed by atoms with E-state index in [2.05, 4.69) is 25.4 Å². The molecular weight excluding hydrogens is 358 g/mol. The van der Waals surface area contributed by atoms with E-state index < -0.39 is 0 Å². The third-order valence-corrected chi connectivity index (χ3v) is 4.95. The first-order valence-corrected chi connectivity index (χ1v) is 9.27. The lowest BCUT2D eigenvalue weighted by Crippen LogP contribution is -2.14. The van der Waals surface area contributed by atoms with Crippen LogP contribution >= 0.6 is 0 Å². The van der Waals surface area contributed by atoms with Crippen LogP contribution in [0.15, 0.2) is 45.5 Å². The Kier molecular flexibility index (Phi) is 4.25. The summed E-state index contributed by atoms with van der Waals surface area (Å²) in [6, 6.07) is 9.77. The van der Waals surface area contributed by atoms with Crippen LogP contribution in [0.4, 0.5) is 5.82 Å². The summed E-state index contributed by atoms with van der Waals surface area (Å²) in [6.45, 7) is 1.46. The minimum absolute atomic E-state index is 0.271. The van der Waals surface area contributed by atoms with E-state index in [1.54, 1.807) is 6.26 Å². The predicted molar refractivity (Wildman–Crippen MR) is 103 cm³/mol. The first-order valence-electron chi connectivity index (χ1n) is 9.27. The zero-order valence-corrected chi connectivity index (χ0v) is 15.4. The molecule has 1 aromatic carbocycles. The zero-order valence-electron chi connectivity index (χ0n) is 15.4. The lowest BCUT2D eigenvalue weighted by Gasteiger charge is -2.18. The van der Waals surface area contributed by atoms with Crippen molar-refractivity contribution in [2.24, 2.45) is 0 Å². The van der Waals surface area contributed by atoms with Gasteiger partial charge in [-0.2, -0.15) is 4.98 Å². The Labute approximate surface area is 160 Å². The number of oxazole rings is 1. The number of aromatic nitrogens is 4. The molecular formula is C20H19N5O3. The molecule has 0 amide bonds. The topological polar surface area (TPSA) is 99.1 Å². The molecule has 1 saturated heterocycles. The van der Waals surface area contributed by atoms with E-state index in [9.17, 15) is 0 Å². The van der Waals surface area contributed by atoms with E-state index in [0.29, 0.717) is 23.3 Å². The van der Waals surface area contributed by atoms with Crippen LogP contribution in [0, 0.1) is 0 Å². The van der Waals surface area contributed by atoms with Crippen LogP contribution in [0.1, 0.15) is 24.7 Å². The lowest BCUT2D eigenvalue weighted by atomic mass is 10.0. The molecule has 5 rings (SSSR count). The molecule has 0 atom stereocenters. The molecule has 4 heterocycles. The second-order valence-electron chi connectivity index (χ2n) is 6.70. The lowest BCUT2D eigenvalue weighted by molar-refractivity contribution is 0.0794. The number of hydrogen-bond acceptors (Lipinski definition) is 8. The standard InChI is InChI=1S/C20H19N5O3/c1-21-17-10-14(13-4-2-3-5-15(13)22-17)18-24-20(28-25-18)16-11-27-19(23-16)12-6-8-26-9-7-12/h2-5,10-12H,6-9H2,1H3,(H,21,22). The van der Waals surface area contributed by atoms with Gasteiger partial charge in [-0.15, -0.1) is 0 Å². The second-order valence-corrected chi connectivity index (χ2v) is 6.70. The Morgan fingerprint density at radius 1 is 1.07 bits per heavy atom. The quantitative estimate of drug-likeness (QED) is 0.572. The predicted octanol–water partition coefficient (Wildman–Crippen LogP) is 3.88. The van der Waals surface area contributed by atoms with E-state index in [0.717, 1.165) is 48.3 Å². The Bertz CT molecular complexity index is 1110. The van der Waals surface area contributed by atoms with Gasteiger partial charge >= 0.3 is 0 Å². The van der Waals surface area contributed by atoms with E-state index in [1.807, 2.05) is 37.4 Å². The smallest absolute Gasteiger partial charge is 0.280 e. The molecule has 4 aromatic rings. The van der Waals surface area contributed by atoms with Crippen molar-refractivity contribution in [3.05, 3.63) is 42.5 Å². The molecule has 1 fully saturated rings. The van der Waals surface area contributed by atoms with Gasteiger partial charge in [-0.05, 0) is 25.0 Å². The summed E-state index contributed by atoms with van der Waals surface area (Å²) in [7, 11) is 1.83. The number of para-hydroxylation sites is 1. The number of ether oxygens (including phenoxy) is 1. The normalized spacial score (nSPS) is 15.2. The molecule has 3 aromatic heterocycles. The maximum Gasteiger partial charge on any atom is 0.280 e. The van der Waals surface area contributed by atoms with Gasteiger partial charge in [0.1, 0.15) is 12.1 Å². The van der Waals surface area contributed by atoms with Gasteiger partial charge in [0, 0.05) is 37.1 Å². The van der Waals surface area contributed by atoms with Crippen LogP contribution in [-0.4, -0.2) is 40.4 Å². The molecule has 8 nitrogen and oxygen atoms in total. The van der Waals surface area contributed by atoms with Gasteiger partial charge < -0.3 is 19.0 Å². The van der Waals surface area contributed by atoms with Crippen LogP contribution in [0.25, 0.3) is 33.9 Å². The molecule has 8 heteroatoms. The molecule has 142 valence electrons. The first-order chi connectivity index (χ1) is 13.8. The summed E-state index contributed by atoms with van der Waals surface area (Å²) in [6.07, 6.45) is 3.39. The Hall–Kier alpha value is -3.26. The van der Waals surface area contributed by atoms with E-state index >= 15 is 0 Å². The van der Waals surface area contributed by atoms with Crippen molar-refractivity contribution in [2.75, 3.05) is 25.6 Å². The van der Waals surface area contributed by atoms with Gasteiger partial charge in [0.15, 0.2) is 11.6 Å². The number of nitrogens with zero attached hydrogens (tertiary/aromatic N) is 4. The highest BCUT2D eigenvalue weighted by Crippen LogP contribution is 2.31. The highest BCUT2D eigenvalue weighted by Gasteiger charge is 2.23. The summed E-state index contributed by atoms with van der Waals surface area (Å²) in [5.41, 5.74) is 2.25. The van der Waals surface area contributed by atoms with Gasteiger partial charge in [0.2, 0.25) is 5.82 Å². The highest BCUT2D eigenvalue weighted by molar-refractivity contribution is 5.94. The fourth-order valence-corrected chi connectivity index (χ4v) is 3.44. The summed E-state index contributed by atoms with van der Waals surface area (Å²) in [4.78, 5) is 13.7. The Balaban J connectivity index is 1.50. The van der Waals surface area contributed by atoms with Crippen molar-refractivity contribution in [1.82, 2.24) is 20.1 Å². The van der Waals surface area contributed by atoms with Crippen molar-refractivity contribution >= 4 is 16.7 Å². The molecule has 28 heavy (non-hydrogen) atoms. The molecule has 1 aliphatic rings. The molecule has 0 unspecified atom stereocenters. The highest BCUT2D eigenvalue weighted by atomic mass is 16.5. The number of benzene rings is 1. The van der Waals surface area contributed by atoms with Crippen molar-refractivity contribution in [1.29, 1.82) is 0 Å². The van der Waals surface area contributed by atoms with Crippen LogP contribution < -0.4 is 5.32 Å². The van der Waals surface area contributed by atoms with Crippen molar-refractivity contribution < 1.29 is 13.7 Å². The van der Waals surface area contributed by atoms with Gasteiger partial charge in [0.25, 0.3) is 5.89 Å². The van der Waals surface area contributed by atoms with E-state index in [-0.39, 0.29) is 5.92 Å². The molecule has 0 aliphatic carbocycles. The third kappa shape index (κ3) is 3.01. The summed E-state index contributed by atoms with van der Waals surface area (Å²) >= 11 is 0. The largest absolute Gasteiger partial charge is 0.448 e. The Morgan fingerprint density at radius 2 is 1.93 bits per heavy atom. The fraction of sp³-hybridized carbons (Fsp3) is 0.300. The number of nitrogens with one attached hydrogen (secondary N) is 1. The van der Waals surface area contributed by atoms with E-state index in [1.165, 1.54) is 0 Å². The van der Waals surface area contributed by atoms with Crippen molar-refractivity contribution in [3.63, 3.8) is 0 Å². The molecule has 0 bridgehead atoms. The summed E-state index contributed by atoms with van der Waals surface area (Å²) in [5.74, 6) is 2.53. The van der Waals surface area contributed by atoms with Gasteiger partial charge in [0.05, 0.1) is 5.52 Å². The Morgan fingerprint density at radius 3 is 2.79 bits per heavy atom. The average molecular weight is 377 g/mol. The zero-order chi connectivity index (χ0) is 18.9. The second kappa shape index (κ2) is 7.05. The molecule has 1 N–H and O–H groups in total. The molecule has 1 aliphatic heterocycles. The van der Waals surface area contributed by atoms with Gasteiger partial charge in [-0.1, -0.05) is 23.4 Å². The van der Waals surface area contributed by atoms with Crippen LogP contribution in [-0.2, 0) is 4.74 Å². The third-order valence-electron chi connectivity index (χ3n) is 4.95. The minimum atomic E-state index is 0.271.